The number of carboxylic acids is 1. The number of carboxylic acid groups (broad SMARTS) is 1. The summed E-state index contributed by atoms with van der Waals surface area (Å²) in [4.78, 5) is 10.7. The monoisotopic (exact) mass is 298 g/mol. The average Bonchev–Trinajstić information content (AvgIpc) is 2.95. The molecule has 1 N–H and O–H groups in total. The van der Waals surface area contributed by atoms with Gasteiger partial charge in [-0.05, 0) is 47.8 Å². The summed E-state index contributed by atoms with van der Waals surface area (Å²) in [5.41, 5.74) is 3.24. The lowest BCUT2D eigenvalue weighted by molar-refractivity contribution is -0.139. The highest BCUT2D eigenvalue weighted by Gasteiger charge is 2.15. The zero-order valence-corrected chi connectivity index (χ0v) is 12.2. The molecule has 0 spiro atoms. The number of rotatable bonds is 5. The van der Waals surface area contributed by atoms with Crippen LogP contribution < -0.4 is 14.9 Å². The molecule has 2 aromatic rings. The molecule has 1 aliphatic heterocycles. The molecule has 1 aliphatic rings. The highest BCUT2D eigenvalue weighted by Crippen LogP contribution is 2.32. The summed E-state index contributed by atoms with van der Waals surface area (Å²) in [6, 6.07) is 11.2. The molecule has 5 nitrogen and oxygen atoms in total. The van der Waals surface area contributed by atoms with Crippen molar-refractivity contribution in [2.45, 2.75) is 13.5 Å². The summed E-state index contributed by atoms with van der Waals surface area (Å²) in [5, 5.41) is 8.75. The Bertz CT molecular complexity index is 714. The lowest BCUT2D eigenvalue weighted by Crippen LogP contribution is -2.11. The van der Waals surface area contributed by atoms with Crippen molar-refractivity contribution < 1.29 is 24.0 Å². The van der Waals surface area contributed by atoms with Gasteiger partial charge in [-0.1, -0.05) is 12.1 Å². The molecule has 1 heterocycles. The predicted octanol–water partition coefficient (Wildman–Crippen LogP) is 1.76. The molecule has 0 saturated heterocycles. The van der Waals surface area contributed by atoms with Gasteiger partial charge in [0.1, 0.15) is 5.75 Å². The summed E-state index contributed by atoms with van der Waals surface area (Å²) in [7, 11) is 0.632. The largest absolute Gasteiger partial charge is 0.479 e. The third-order valence-electron chi connectivity index (χ3n) is 3.37. The molecule has 22 heavy (non-hydrogen) atoms. The van der Waals surface area contributed by atoms with Crippen LogP contribution in [-0.4, -0.2) is 25.2 Å². The summed E-state index contributed by atoms with van der Waals surface area (Å²) in [6.07, 6.45) is 0. The maximum absolute atomic E-state index is 10.7. The van der Waals surface area contributed by atoms with Crippen LogP contribution in [0.4, 0.5) is 0 Å². The molecule has 0 atom stereocenters. The second-order valence-corrected chi connectivity index (χ2v) is 5.16. The minimum Gasteiger partial charge on any atom is -0.479 e. The molecular formula is C16H15BO5. The van der Waals surface area contributed by atoms with E-state index in [2.05, 4.69) is 0 Å². The molecule has 3 rings (SSSR count). The van der Waals surface area contributed by atoms with Gasteiger partial charge in [0.15, 0.2) is 18.1 Å². The van der Waals surface area contributed by atoms with Crippen molar-refractivity contribution in [3.05, 3.63) is 47.5 Å². The van der Waals surface area contributed by atoms with E-state index in [1.54, 1.807) is 12.1 Å². The first-order valence-electron chi connectivity index (χ1n) is 6.94. The van der Waals surface area contributed by atoms with E-state index < -0.39 is 12.6 Å². The van der Waals surface area contributed by atoms with Gasteiger partial charge in [-0.25, -0.2) is 4.79 Å². The third-order valence-corrected chi connectivity index (χ3v) is 3.37. The standard InChI is InChI=1S/C16H15BO5/c1-10-2-5-14(15(6-10)20-9-16(18)19)22-12-3-4-13-11(7-12)8-21-17-13/h2-7,17H,8-9H2,1H3,(H,18,19). The first-order chi connectivity index (χ1) is 10.6. The van der Waals surface area contributed by atoms with Gasteiger partial charge < -0.3 is 19.2 Å². The number of fused-ring (bicyclic) bond motifs is 1. The number of hydrogen-bond donors (Lipinski definition) is 1. The van der Waals surface area contributed by atoms with Crippen LogP contribution in [0.15, 0.2) is 36.4 Å². The molecule has 0 saturated carbocycles. The Kier molecular flexibility index (Phi) is 4.02. The van der Waals surface area contributed by atoms with Crippen LogP contribution >= 0.6 is 0 Å². The SMILES string of the molecule is Cc1ccc(Oc2ccc3c(c2)COB3)c(OCC(=O)O)c1. The van der Waals surface area contributed by atoms with Gasteiger partial charge in [-0.15, -0.1) is 0 Å². The summed E-state index contributed by atoms with van der Waals surface area (Å²) in [5.74, 6) is 0.556. The average molecular weight is 298 g/mol. The fourth-order valence-corrected chi connectivity index (χ4v) is 2.29. The topological polar surface area (TPSA) is 65.0 Å². The van der Waals surface area contributed by atoms with Gasteiger partial charge in [-0.3, -0.25) is 0 Å². The fourth-order valence-electron chi connectivity index (χ4n) is 2.29. The van der Waals surface area contributed by atoms with Crippen LogP contribution in [0.1, 0.15) is 11.1 Å². The van der Waals surface area contributed by atoms with Crippen molar-refractivity contribution in [3.8, 4) is 17.2 Å². The zero-order chi connectivity index (χ0) is 15.5. The molecule has 0 amide bonds. The van der Waals surface area contributed by atoms with Crippen LogP contribution in [0.5, 0.6) is 17.2 Å². The molecule has 2 aromatic carbocycles. The summed E-state index contributed by atoms with van der Waals surface area (Å²) in [6.45, 7) is 2.09. The first kappa shape index (κ1) is 14.5. The highest BCUT2D eigenvalue weighted by atomic mass is 16.5. The minimum atomic E-state index is -1.03. The molecule has 0 aliphatic carbocycles. The first-order valence-corrected chi connectivity index (χ1v) is 6.94. The van der Waals surface area contributed by atoms with E-state index in [1.165, 1.54) is 5.46 Å². The molecule has 0 radical (unpaired) electrons. The normalized spacial score (nSPS) is 12.4. The summed E-state index contributed by atoms with van der Waals surface area (Å²) < 4.78 is 16.5. The second-order valence-electron chi connectivity index (χ2n) is 5.16. The number of ether oxygens (including phenoxy) is 2. The summed E-state index contributed by atoms with van der Waals surface area (Å²) >= 11 is 0. The maximum Gasteiger partial charge on any atom is 0.341 e. The van der Waals surface area contributed by atoms with Gasteiger partial charge in [0.25, 0.3) is 0 Å². The van der Waals surface area contributed by atoms with Gasteiger partial charge >= 0.3 is 13.5 Å². The number of aliphatic carboxylic acids is 1. The van der Waals surface area contributed by atoms with Crippen molar-refractivity contribution >= 4 is 18.9 Å². The molecular weight excluding hydrogens is 283 g/mol. The fraction of sp³-hybridized carbons (Fsp3) is 0.188. The Labute approximate surface area is 128 Å². The molecule has 0 unspecified atom stereocenters. The highest BCUT2D eigenvalue weighted by molar-refractivity contribution is 6.48. The molecule has 6 heteroatoms. The van der Waals surface area contributed by atoms with Crippen LogP contribution in [0.25, 0.3) is 0 Å². The van der Waals surface area contributed by atoms with E-state index in [0.29, 0.717) is 31.3 Å². The van der Waals surface area contributed by atoms with E-state index in [0.717, 1.165) is 11.1 Å². The minimum absolute atomic E-state index is 0.405. The van der Waals surface area contributed by atoms with Gasteiger partial charge in [0.05, 0.1) is 6.61 Å². The predicted molar refractivity (Wildman–Crippen MR) is 82.4 cm³/mol. The van der Waals surface area contributed by atoms with Crippen molar-refractivity contribution in [2.24, 2.45) is 0 Å². The molecule has 0 fully saturated rings. The second kappa shape index (κ2) is 6.11. The van der Waals surface area contributed by atoms with Crippen LogP contribution in [-0.2, 0) is 16.1 Å². The van der Waals surface area contributed by atoms with Gasteiger partial charge in [0, 0.05) is 0 Å². The van der Waals surface area contributed by atoms with E-state index in [1.807, 2.05) is 31.2 Å². The van der Waals surface area contributed by atoms with E-state index in [4.69, 9.17) is 19.2 Å². The van der Waals surface area contributed by atoms with E-state index in [-0.39, 0.29) is 0 Å². The lowest BCUT2D eigenvalue weighted by atomic mass is 9.87. The Morgan fingerprint density at radius 3 is 2.95 bits per heavy atom. The van der Waals surface area contributed by atoms with Crippen molar-refractivity contribution in [3.63, 3.8) is 0 Å². The Hall–Kier alpha value is -2.47. The van der Waals surface area contributed by atoms with Crippen LogP contribution in [0.2, 0.25) is 0 Å². The number of hydrogen-bond acceptors (Lipinski definition) is 4. The van der Waals surface area contributed by atoms with Crippen molar-refractivity contribution in [2.75, 3.05) is 6.61 Å². The Balaban J connectivity index is 1.83. The molecule has 112 valence electrons. The van der Waals surface area contributed by atoms with Gasteiger partial charge in [-0.2, -0.15) is 0 Å². The zero-order valence-electron chi connectivity index (χ0n) is 12.2. The van der Waals surface area contributed by atoms with Crippen LogP contribution in [0.3, 0.4) is 0 Å². The van der Waals surface area contributed by atoms with Gasteiger partial charge in [0.2, 0.25) is 0 Å². The van der Waals surface area contributed by atoms with E-state index >= 15 is 0 Å². The molecule has 0 bridgehead atoms. The number of aryl methyl sites for hydroxylation is 1. The molecule has 0 aromatic heterocycles. The quantitative estimate of drug-likeness (QED) is 0.852. The lowest BCUT2D eigenvalue weighted by Gasteiger charge is -2.13. The Morgan fingerprint density at radius 1 is 1.27 bits per heavy atom. The van der Waals surface area contributed by atoms with E-state index in [9.17, 15) is 4.79 Å². The van der Waals surface area contributed by atoms with Crippen molar-refractivity contribution in [1.29, 1.82) is 0 Å². The number of carbonyl (C=O) groups is 1. The smallest absolute Gasteiger partial charge is 0.341 e. The Morgan fingerprint density at radius 2 is 2.14 bits per heavy atom. The third kappa shape index (κ3) is 3.23. The number of benzene rings is 2. The maximum atomic E-state index is 10.7. The van der Waals surface area contributed by atoms with Crippen molar-refractivity contribution in [1.82, 2.24) is 0 Å². The van der Waals surface area contributed by atoms with Crippen LogP contribution in [0, 0.1) is 6.92 Å².